The second-order valence-corrected chi connectivity index (χ2v) is 12.7. The van der Waals surface area contributed by atoms with Crippen LogP contribution in [-0.4, -0.2) is 138 Å². The van der Waals surface area contributed by atoms with Gasteiger partial charge in [0, 0.05) is 30.6 Å². The standard InChI is InChI=1S/C27H52N8O8/c1-27(39)12-41-25(21(37)24(27)32-2)43-23-18(34-26(38)35(40)6-5-28)9-17(31)19(20(23)36)22-16(30)4-3-15(42-22)11-33-10-13-7-14(29)8-13/h3,13-14,16-25,32-33,36-37,39-40H,4-12,28-31H2,1-2H3,(H,34,38)/t13?,14?,16-,17+,18-,19?,20+,21-,22+,23+,24-,25-,27+/m1/s1. The Morgan fingerprint density at radius 1 is 1.19 bits per heavy atom. The number of carbonyl (C=O) groups is 1. The first-order chi connectivity index (χ1) is 20.4. The molecule has 0 spiro atoms. The number of ether oxygens (including phenoxy) is 3. The minimum absolute atomic E-state index is 0.0297. The van der Waals surface area contributed by atoms with E-state index < -0.39 is 72.4 Å². The number of aliphatic hydroxyl groups excluding tert-OH is 2. The van der Waals surface area contributed by atoms with Crippen molar-refractivity contribution in [2.24, 2.45) is 34.8 Å². The second kappa shape index (κ2) is 14.6. The molecule has 248 valence electrons. The molecule has 2 amide bonds. The van der Waals surface area contributed by atoms with Crippen LogP contribution in [0.5, 0.6) is 0 Å². The maximum Gasteiger partial charge on any atom is 0.341 e. The molecule has 0 bridgehead atoms. The number of rotatable bonds is 11. The third kappa shape index (κ3) is 7.95. The van der Waals surface area contributed by atoms with E-state index in [0.717, 1.165) is 19.4 Å². The van der Waals surface area contributed by atoms with E-state index in [1.807, 2.05) is 6.08 Å². The van der Waals surface area contributed by atoms with Crippen LogP contribution >= 0.6 is 0 Å². The predicted molar refractivity (Wildman–Crippen MR) is 155 cm³/mol. The van der Waals surface area contributed by atoms with Crippen LogP contribution in [0.2, 0.25) is 0 Å². The van der Waals surface area contributed by atoms with Gasteiger partial charge in [0.1, 0.15) is 29.7 Å². The number of amides is 2. The largest absolute Gasteiger partial charge is 0.492 e. The third-order valence-corrected chi connectivity index (χ3v) is 9.18. The zero-order chi connectivity index (χ0) is 31.5. The molecule has 2 heterocycles. The number of nitrogens with zero attached hydrogens (tertiary/aromatic N) is 1. The van der Waals surface area contributed by atoms with Crippen molar-refractivity contribution in [3.8, 4) is 0 Å². The summed E-state index contributed by atoms with van der Waals surface area (Å²) in [6, 6.07) is -3.42. The van der Waals surface area contributed by atoms with Crippen molar-refractivity contribution >= 4 is 6.03 Å². The van der Waals surface area contributed by atoms with Crippen LogP contribution in [0.15, 0.2) is 11.8 Å². The van der Waals surface area contributed by atoms with Crippen molar-refractivity contribution in [1.82, 2.24) is 21.0 Å². The highest BCUT2D eigenvalue weighted by Gasteiger charge is 2.53. The summed E-state index contributed by atoms with van der Waals surface area (Å²) in [5, 5.41) is 52.9. The molecule has 16 nitrogen and oxygen atoms in total. The van der Waals surface area contributed by atoms with Gasteiger partial charge in [-0.2, -0.15) is 0 Å². The van der Waals surface area contributed by atoms with E-state index in [4.69, 9.17) is 37.1 Å². The summed E-state index contributed by atoms with van der Waals surface area (Å²) in [6.45, 7) is 2.59. The first kappa shape index (κ1) is 34.2. The first-order valence-corrected chi connectivity index (χ1v) is 15.2. The SMILES string of the molecule is CN[C@@H]1[C@@H](O)[C@@H](O[C@H]2[C@H](NC(=O)N(O)CCN)C[C@H](N)C([C@H]3OC(CNCC4CC(N)C4)=CC[C@H]3N)[C@@H]2O)OC[C@]1(C)O. The van der Waals surface area contributed by atoms with Crippen LogP contribution in [0, 0.1) is 11.8 Å². The minimum atomic E-state index is -1.39. The van der Waals surface area contributed by atoms with Gasteiger partial charge in [0.15, 0.2) is 6.29 Å². The summed E-state index contributed by atoms with van der Waals surface area (Å²) in [5.41, 5.74) is 23.1. The van der Waals surface area contributed by atoms with Crippen LogP contribution in [0.25, 0.3) is 0 Å². The Bertz CT molecular complexity index is 956. The van der Waals surface area contributed by atoms with Gasteiger partial charge >= 0.3 is 6.03 Å². The first-order valence-electron chi connectivity index (χ1n) is 15.2. The van der Waals surface area contributed by atoms with E-state index in [2.05, 4.69) is 16.0 Å². The summed E-state index contributed by atoms with van der Waals surface area (Å²) < 4.78 is 18.2. The Balaban J connectivity index is 1.50. The number of nitrogens with one attached hydrogen (secondary N) is 3. The van der Waals surface area contributed by atoms with Gasteiger partial charge in [-0.3, -0.25) is 5.21 Å². The van der Waals surface area contributed by atoms with E-state index in [0.29, 0.717) is 29.7 Å². The number of carbonyl (C=O) groups excluding carboxylic acids is 1. The van der Waals surface area contributed by atoms with Crippen molar-refractivity contribution in [3.05, 3.63) is 11.8 Å². The fraction of sp³-hybridized carbons (Fsp3) is 0.889. The smallest absolute Gasteiger partial charge is 0.341 e. The van der Waals surface area contributed by atoms with Gasteiger partial charge in [-0.15, -0.1) is 0 Å². The van der Waals surface area contributed by atoms with Crippen LogP contribution in [0.4, 0.5) is 4.79 Å². The lowest BCUT2D eigenvalue weighted by atomic mass is 9.72. The maximum atomic E-state index is 12.7. The molecule has 43 heavy (non-hydrogen) atoms. The molecule has 4 aliphatic rings. The van der Waals surface area contributed by atoms with Gasteiger partial charge in [-0.05, 0) is 58.2 Å². The molecule has 0 aromatic carbocycles. The number of hydrogen-bond acceptors (Lipinski definition) is 14. The van der Waals surface area contributed by atoms with Gasteiger partial charge in [-0.25, -0.2) is 9.86 Å². The molecular weight excluding hydrogens is 564 g/mol. The number of nitrogens with two attached hydrogens (primary N) is 4. The van der Waals surface area contributed by atoms with Crippen LogP contribution < -0.4 is 38.9 Å². The van der Waals surface area contributed by atoms with Crippen LogP contribution in [0.1, 0.15) is 32.6 Å². The molecule has 2 aliphatic carbocycles. The quantitative estimate of drug-likeness (QED) is 0.0785. The molecule has 0 aromatic rings. The zero-order valence-electron chi connectivity index (χ0n) is 25.0. The molecular formula is C27H52N8O8. The van der Waals surface area contributed by atoms with E-state index in [9.17, 15) is 25.3 Å². The highest BCUT2D eigenvalue weighted by atomic mass is 16.7. The summed E-state index contributed by atoms with van der Waals surface area (Å²) in [4.78, 5) is 12.7. The average Bonchev–Trinajstić information content (AvgIpc) is 2.92. The Labute approximate surface area is 252 Å². The second-order valence-electron chi connectivity index (χ2n) is 12.7. The van der Waals surface area contributed by atoms with Crippen molar-refractivity contribution < 1.29 is 39.5 Å². The summed E-state index contributed by atoms with van der Waals surface area (Å²) >= 11 is 0. The van der Waals surface area contributed by atoms with Gasteiger partial charge in [0.05, 0.1) is 37.9 Å². The lowest BCUT2D eigenvalue weighted by molar-refractivity contribution is -0.297. The number of hydrogen-bond donors (Lipinski definition) is 11. The fourth-order valence-electron chi connectivity index (χ4n) is 6.77. The van der Waals surface area contributed by atoms with Crippen molar-refractivity contribution in [3.63, 3.8) is 0 Å². The molecule has 0 aromatic heterocycles. The highest BCUT2D eigenvalue weighted by Crippen LogP contribution is 2.36. The van der Waals surface area contributed by atoms with Gasteiger partial charge in [0.2, 0.25) is 0 Å². The van der Waals surface area contributed by atoms with Crippen LogP contribution in [-0.2, 0) is 14.2 Å². The molecule has 15 N–H and O–H groups in total. The van der Waals surface area contributed by atoms with Gasteiger partial charge in [-0.1, -0.05) is 0 Å². The van der Waals surface area contributed by atoms with Crippen molar-refractivity contribution in [2.45, 2.75) is 99.1 Å². The highest BCUT2D eigenvalue weighted by molar-refractivity contribution is 5.73. The Kier molecular flexibility index (Phi) is 11.6. The monoisotopic (exact) mass is 616 g/mol. The number of aliphatic hydroxyl groups is 3. The van der Waals surface area contributed by atoms with E-state index in [-0.39, 0.29) is 32.2 Å². The van der Waals surface area contributed by atoms with Crippen molar-refractivity contribution in [1.29, 1.82) is 0 Å². The third-order valence-electron chi connectivity index (χ3n) is 9.18. The molecule has 3 fully saturated rings. The molecule has 16 heteroatoms. The fourth-order valence-corrected chi connectivity index (χ4v) is 6.77. The lowest BCUT2D eigenvalue weighted by Crippen LogP contribution is -2.69. The Hall–Kier alpha value is -1.67. The summed E-state index contributed by atoms with van der Waals surface area (Å²) in [6.07, 6.45) is -1.14. The average molecular weight is 617 g/mol. The lowest BCUT2D eigenvalue weighted by Gasteiger charge is -2.50. The molecule has 0 radical (unpaired) electrons. The van der Waals surface area contributed by atoms with E-state index in [1.165, 1.54) is 6.92 Å². The molecule has 2 aliphatic heterocycles. The number of urea groups is 1. The van der Waals surface area contributed by atoms with E-state index >= 15 is 0 Å². The molecule has 2 saturated carbocycles. The zero-order valence-corrected chi connectivity index (χ0v) is 25.0. The predicted octanol–water partition coefficient (Wildman–Crippen LogP) is -3.81. The number of likely N-dealkylation sites (N-methyl/N-ethyl adjacent to an activating group) is 1. The van der Waals surface area contributed by atoms with Gasteiger partial charge in [0.25, 0.3) is 0 Å². The Morgan fingerprint density at radius 2 is 1.91 bits per heavy atom. The van der Waals surface area contributed by atoms with Crippen molar-refractivity contribution in [2.75, 3.05) is 39.8 Å². The number of hydroxylamine groups is 2. The van der Waals surface area contributed by atoms with Gasteiger partial charge < -0.3 is 68.4 Å². The minimum Gasteiger partial charge on any atom is -0.492 e. The molecule has 4 rings (SSSR count). The summed E-state index contributed by atoms with van der Waals surface area (Å²) in [7, 11) is 1.59. The molecule has 11 atom stereocenters. The normalized spacial score (nSPS) is 43.3. The molecule has 1 unspecified atom stereocenters. The topological polar surface area (TPSA) is 269 Å². The Morgan fingerprint density at radius 3 is 2.56 bits per heavy atom. The summed E-state index contributed by atoms with van der Waals surface area (Å²) in [5.74, 6) is 0.532. The van der Waals surface area contributed by atoms with Crippen LogP contribution in [0.3, 0.4) is 0 Å². The molecule has 1 saturated heterocycles. The maximum absolute atomic E-state index is 12.7. The van der Waals surface area contributed by atoms with E-state index in [1.54, 1.807) is 7.05 Å².